The van der Waals surface area contributed by atoms with Crippen molar-refractivity contribution in [3.05, 3.63) is 57.0 Å². The van der Waals surface area contributed by atoms with E-state index in [1.165, 1.54) is 12.1 Å². The molecule has 0 saturated heterocycles. The van der Waals surface area contributed by atoms with Gasteiger partial charge in [-0.3, -0.25) is 14.2 Å². The predicted molar refractivity (Wildman–Crippen MR) is 106 cm³/mol. The minimum Gasteiger partial charge on any atom is -0.330 e. The molecule has 0 bridgehead atoms. The number of aromatic nitrogens is 3. The summed E-state index contributed by atoms with van der Waals surface area (Å²) in [5.74, 6) is -0.233. The molecule has 1 aliphatic rings. The van der Waals surface area contributed by atoms with E-state index in [-0.39, 0.29) is 22.8 Å². The van der Waals surface area contributed by atoms with E-state index in [0.717, 1.165) is 43.3 Å². The van der Waals surface area contributed by atoms with Crippen molar-refractivity contribution in [2.45, 2.75) is 45.7 Å². The van der Waals surface area contributed by atoms with E-state index in [1.807, 2.05) is 13.0 Å². The number of fused-ring (bicyclic) bond motifs is 2. The van der Waals surface area contributed by atoms with Crippen molar-refractivity contribution in [1.82, 2.24) is 14.1 Å². The Kier molecular flexibility index (Phi) is 4.93. The molecular formula is C20H20ClFN4O2. The molecule has 1 aromatic carbocycles. The van der Waals surface area contributed by atoms with Crippen LogP contribution < -0.4 is 10.9 Å². The first-order valence-corrected chi connectivity index (χ1v) is 9.66. The lowest BCUT2D eigenvalue weighted by Gasteiger charge is -2.12. The zero-order chi connectivity index (χ0) is 19.8. The first-order chi connectivity index (χ1) is 13.4. The summed E-state index contributed by atoms with van der Waals surface area (Å²) in [6, 6.07) is 5.87. The van der Waals surface area contributed by atoms with Crippen LogP contribution in [0.25, 0.3) is 11.0 Å². The summed E-state index contributed by atoms with van der Waals surface area (Å²) < 4.78 is 17.3. The minimum atomic E-state index is -0.609. The van der Waals surface area contributed by atoms with Gasteiger partial charge < -0.3 is 9.88 Å². The Morgan fingerprint density at radius 1 is 1.29 bits per heavy atom. The van der Waals surface area contributed by atoms with Gasteiger partial charge in [-0.25, -0.2) is 9.37 Å². The number of carbonyl (C=O) groups excluding carboxylic acids is 1. The largest absolute Gasteiger partial charge is 0.330 e. The summed E-state index contributed by atoms with van der Waals surface area (Å²) in [6.07, 6.45) is 3.82. The second-order valence-electron chi connectivity index (χ2n) is 7.07. The molecule has 2 aromatic heterocycles. The van der Waals surface area contributed by atoms with Gasteiger partial charge in [0.1, 0.15) is 23.7 Å². The molecule has 8 heteroatoms. The number of aryl methyl sites for hydroxylation is 2. The van der Waals surface area contributed by atoms with Crippen LogP contribution >= 0.6 is 11.6 Å². The van der Waals surface area contributed by atoms with Crippen molar-refractivity contribution in [1.29, 1.82) is 0 Å². The average Bonchev–Trinajstić information content (AvgIpc) is 2.81. The van der Waals surface area contributed by atoms with Gasteiger partial charge in [-0.05, 0) is 44.0 Å². The van der Waals surface area contributed by atoms with Crippen LogP contribution in [0, 0.1) is 12.7 Å². The summed E-state index contributed by atoms with van der Waals surface area (Å²) in [6.45, 7) is 2.37. The number of rotatable bonds is 3. The topological polar surface area (TPSA) is 68.9 Å². The lowest BCUT2D eigenvalue weighted by molar-refractivity contribution is -0.116. The van der Waals surface area contributed by atoms with Crippen LogP contribution in [0.2, 0.25) is 5.02 Å². The highest BCUT2D eigenvalue weighted by Gasteiger charge is 2.19. The van der Waals surface area contributed by atoms with E-state index < -0.39 is 11.7 Å². The molecule has 146 valence electrons. The van der Waals surface area contributed by atoms with Gasteiger partial charge in [0.15, 0.2) is 0 Å². The van der Waals surface area contributed by atoms with Gasteiger partial charge in [-0.15, -0.1) is 0 Å². The molecule has 4 rings (SSSR count). The third-order valence-electron chi connectivity index (χ3n) is 5.08. The summed E-state index contributed by atoms with van der Waals surface area (Å²) in [4.78, 5) is 30.3. The van der Waals surface area contributed by atoms with Gasteiger partial charge in [0.25, 0.3) is 5.56 Å². The number of halogens is 2. The Morgan fingerprint density at radius 3 is 2.89 bits per heavy atom. The number of anilines is 1. The summed E-state index contributed by atoms with van der Waals surface area (Å²) in [5, 5.41) is 2.79. The van der Waals surface area contributed by atoms with E-state index in [4.69, 9.17) is 11.6 Å². The molecule has 0 spiro atoms. The maximum absolute atomic E-state index is 13.9. The van der Waals surface area contributed by atoms with Gasteiger partial charge in [-0.1, -0.05) is 18.0 Å². The number of hydrogen-bond donors (Lipinski definition) is 1. The normalized spacial score (nSPS) is 14.0. The summed E-state index contributed by atoms with van der Waals surface area (Å²) in [7, 11) is 0. The molecule has 1 amide bonds. The zero-order valence-electron chi connectivity index (χ0n) is 15.5. The van der Waals surface area contributed by atoms with Crippen LogP contribution in [0.4, 0.5) is 10.1 Å². The molecule has 0 atom stereocenters. The van der Waals surface area contributed by atoms with Gasteiger partial charge >= 0.3 is 0 Å². The van der Waals surface area contributed by atoms with E-state index >= 15 is 0 Å². The van der Waals surface area contributed by atoms with Gasteiger partial charge in [0, 0.05) is 23.7 Å². The fourth-order valence-corrected chi connectivity index (χ4v) is 3.85. The van der Waals surface area contributed by atoms with Crippen LogP contribution in [0.3, 0.4) is 0 Å². The van der Waals surface area contributed by atoms with Crippen LogP contribution in [0.1, 0.15) is 30.8 Å². The van der Waals surface area contributed by atoms with E-state index in [0.29, 0.717) is 17.6 Å². The van der Waals surface area contributed by atoms with Crippen molar-refractivity contribution in [2.24, 2.45) is 0 Å². The quantitative estimate of drug-likeness (QED) is 0.726. The second kappa shape index (κ2) is 7.39. The number of amides is 1. The van der Waals surface area contributed by atoms with Crippen molar-refractivity contribution in [2.75, 3.05) is 5.32 Å². The van der Waals surface area contributed by atoms with Gasteiger partial charge in [0.05, 0.1) is 11.2 Å². The molecule has 0 radical (unpaired) electrons. The number of benzene rings is 1. The Balaban J connectivity index is 1.68. The van der Waals surface area contributed by atoms with Crippen molar-refractivity contribution >= 4 is 34.2 Å². The minimum absolute atomic E-state index is 0.0484. The highest BCUT2D eigenvalue weighted by atomic mass is 35.5. The molecule has 3 aromatic rings. The third-order valence-corrected chi connectivity index (χ3v) is 5.32. The van der Waals surface area contributed by atoms with Crippen LogP contribution in [0.15, 0.2) is 29.1 Å². The van der Waals surface area contributed by atoms with Crippen molar-refractivity contribution in [3.8, 4) is 0 Å². The fraction of sp³-hybridized carbons (Fsp3) is 0.350. The van der Waals surface area contributed by atoms with Gasteiger partial charge in [-0.2, -0.15) is 0 Å². The predicted octanol–water partition coefficient (Wildman–Crippen LogP) is 3.66. The SMILES string of the molecule is Cc1cc2nc3n(c(=O)c2n1CC(=O)Nc1ccc(Cl)cc1F)CCCCC3. The van der Waals surface area contributed by atoms with Crippen molar-refractivity contribution < 1.29 is 9.18 Å². The van der Waals surface area contributed by atoms with Crippen molar-refractivity contribution in [3.63, 3.8) is 0 Å². The zero-order valence-corrected chi connectivity index (χ0v) is 16.2. The van der Waals surface area contributed by atoms with Gasteiger partial charge in [0.2, 0.25) is 5.91 Å². The standard InChI is InChI=1S/C20H20ClFN4O2/c1-12-9-16-19(20(28)25-8-4-2-3-5-17(25)23-16)26(12)11-18(27)24-15-7-6-13(21)10-14(15)22/h6-7,9-10H,2-5,8,11H2,1H3,(H,24,27). The molecular weight excluding hydrogens is 383 g/mol. The lowest BCUT2D eigenvalue weighted by Crippen LogP contribution is -2.28. The number of hydrogen-bond acceptors (Lipinski definition) is 3. The van der Waals surface area contributed by atoms with Crippen LogP contribution in [-0.4, -0.2) is 20.0 Å². The smallest absolute Gasteiger partial charge is 0.278 e. The molecule has 3 heterocycles. The van der Waals surface area contributed by atoms with E-state index in [2.05, 4.69) is 10.3 Å². The van der Waals surface area contributed by atoms with E-state index in [1.54, 1.807) is 9.13 Å². The first kappa shape index (κ1) is 18.7. The molecule has 0 unspecified atom stereocenters. The molecule has 0 aliphatic carbocycles. The third kappa shape index (κ3) is 3.42. The maximum Gasteiger partial charge on any atom is 0.278 e. The number of nitrogens with zero attached hydrogens (tertiary/aromatic N) is 3. The first-order valence-electron chi connectivity index (χ1n) is 9.28. The molecule has 1 N–H and O–H groups in total. The second-order valence-corrected chi connectivity index (χ2v) is 7.51. The Labute approximate surface area is 165 Å². The molecule has 28 heavy (non-hydrogen) atoms. The summed E-state index contributed by atoms with van der Waals surface area (Å²) in [5.41, 5.74) is 1.69. The molecule has 0 saturated carbocycles. The van der Waals surface area contributed by atoms with E-state index in [9.17, 15) is 14.0 Å². The number of carbonyl (C=O) groups is 1. The molecule has 0 fully saturated rings. The lowest BCUT2D eigenvalue weighted by atomic mass is 10.2. The highest BCUT2D eigenvalue weighted by Crippen LogP contribution is 2.21. The summed E-state index contributed by atoms with van der Waals surface area (Å²) >= 11 is 5.74. The highest BCUT2D eigenvalue weighted by molar-refractivity contribution is 6.30. The fourth-order valence-electron chi connectivity index (χ4n) is 3.69. The Hall–Kier alpha value is -2.67. The number of nitrogens with one attached hydrogen (secondary N) is 1. The van der Waals surface area contributed by atoms with Crippen LogP contribution in [0.5, 0.6) is 0 Å². The average molecular weight is 403 g/mol. The monoisotopic (exact) mass is 402 g/mol. The van der Waals surface area contributed by atoms with Crippen LogP contribution in [-0.2, 0) is 24.3 Å². The molecule has 6 nitrogen and oxygen atoms in total. The molecule has 1 aliphatic heterocycles. The Bertz CT molecular complexity index is 1140. The maximum atomic E-state index is 13.9. The Morgan fingerprint density at radius 2 is 2.11 bits per heavy atom.